The molecular formula is C19H26FNO4. The van der Waals surface area contributed by atoms with Gasteiger partial charge in [0, 0.05) is 18.8 Å². The van der Waals surface area contributed by atoms with Crippen molar-refractivity contribution in [3.63, 3.8) is 0 Å². The second kappa shape index (κ2) is 7.30. The van der Waals surface area contributed by atoms with Crippen LogP contribution in [0.15, 0.2) is 12.1 Å². The molecule has 0 saturated carbocycles. The van der Waals surface area contributed by atoms with Crippen LogP contribution in [0.3, 0.4) is 0 Å². The van der Waals surface area contributed by atoms with Crippen LogP contribution in [0.2, 0.25) is 0 Å². The Kier molecular flexibility index (Phi) is 5.29. The summed E-state index contributed by atoms with van der Waals surface area (Å²) >= 11 is 0. The zero-order chi connectivity index (χ0) is 18.0. The SMILES string of the molecule is COc1c(F)cc(C2(C)CCOCC2)cc1C(C(=O)O)N1CCCC1. The van der Waals surface area contributed by atoms with E-state index in [1.165, 1.54) is 13.2 Å². The summed E-state index contributed by atoms with van der Waals surface area (Å²) in [4.78, 5) is 13.9. The van der Waals surface area contributed by atoms with E-state index < -0.39 is 17.8 Å². The van der Waals surface area contributed by atoms with Gasteiger partial charge in [0.2, 0.25) is 0 Å². The van der Waals surface area contributed by atoms with Crippen molar-refractivity contribution in [1.29, 1.82) is 0 Å². The molecule has 0 bridgehead atoms. The third-order valence-corrected chi connectivity index (χ3v) is 5.60. The first-order chi connectivity index (χ1) is 12.0. The van der Waals surface area contributed by atoms with Gasteiger partial charge in [0.05, 0.1) is 7.11 Å². The summed E-state index contributed by atoms with van der Waals surface area (Å²) in [5, 5.41) is 9.82. The molecule has 6 heteroatoms. The van der Waals surface area contributed by atoms with E-state index in [4.69, 9.17) is 9.47 Å². The van der Waals surface area contributed by atoms with Gasteiger partial charge in [-0.05, 0) is 61.9 Å². The minimum Gasteiger partial charge on any atom is -0.493 e. The topological polar surface area (TPSA) is 59.0 Å². The maximum Gasteiger partial charge on any atom is 0.325 e. The molecule has 1 N–H and O–H groups in total. The molecule has 2 saturated heterocycles. The molecule has 25 heavy (non-hydrogen) atoms. The fourth-order valence-electron chi connectivity index (χ4n) is 3.98. The molecule has 2 aliphatic rings. The van der Waals surface area contributed by atoms with Gasteiger partial charge in [0.25, 0.3) is 0 Å². The number of likely N-dealkylation sites (tertiary alicyclic amines) is 1. The lowest BCUT2D eigenvalue weighted by Crippen LogP contribution is -2.34. The highest BCUT2D eigenvalue weighted by Gasteiger charge is 2.36. The lowest BCUT2D eigenvalue weighted by atomic mass is 9.75. The summed E-state index contributed by atoms with van der Waals surface area (Å²) in [6, 6.07) is 2.45. The fourth-order valence-corrected chi connectivity index (χ4v) is 3.98. The Balaban J connectivity index is 2.08. The molecule has 0 aromatic heterocycles. The van der Waals surface area contributed by atoms with Gasteiger partial charge >= 0.3 is 5.97 Å². The minimum atomic E-state index is -0.964. The molecule has 1 atom stereocenters. The molecule has 1 aromatic rings. The Labute approximate surface area is 147 Å². The Morgan fingerprint density at radius 2 is 1.96 bits per heavy atom. The van der Waals surface area contributed by atoms with Gasteiger partial charge in [-0.1, -0.05) is 6.92 Å². The van der Waals surface area contributed by atoms with Gasteiger partial charge in [-0.15, -0.1) is 0 Å². The van der Waals surface area contributed by atoms with Gasteiger partial charge in [-0.25, -0.2) is 4.39 Å². The maximum absolute atomic E-state index is 14.8. The fraction of sp³-hybridized carbons (Fsp3) is 0.632. The number of carboxylic acids is 1. The van der Waals surface area contributed by atoms with Crippen LogP contribution >= 0.6 is 0 Å². The molecule has 0 spiro atoms. The van der Waals surface area contributed by atoms with Crippen molar-refractivity contribution in [3.8, 4) is 5.75 Å². The van der Waals surface area contributed by atoms with E-state index in [9.17, 15) is 14.3 Å². The van der Waals surface area contributed by atoms with Crippen LogP contribution in [-0.4, -0.2) is 49.4 Å². The summed E-state index contributed by atoms with van der Waals surface area (Å²) in [6.07, 6.45) is 3.51. The minimum absolute atomic E-state index is 0.0405. The van der Waals surface area contributed by atoms with Crippen LogP contribution in [-0.2, 0) is 14.9 Å². The predicted octanol–water partition coefficient (Wildman–Crippen LogP) is 3.12. The quantitative estimate of drug-likeness (QED) is 0.883. The molecule has 3 rings (SSSR count). The average Bonchev–Trinajstić information content (AvgIpc) is 3.09. The second-order valence-electron chi connectivity index (χ2n) is 7.24. The maximum atomic E-state index is 14.8. The van der Waals surface area contributed by atoms with Crippen molar-refractivity contribution in [2.75, 3.05) is 33.4 Å². The van der Waals surface area contributed by atoms with Crippen molar-refractivity contribution < 1.29 is 23.8 Å². The van der Waals surface area contributed by atoms with Crippen molar-refractivity contribution in [2.24, 2.45) is 0 Å². The van der Waals surface area contributed by atoms with Crippen molar-refractivity contribution in [1.82, 2.24) is 4.90 Å². The summed E-state index contributed by atoms with van der Waals surface area (Å²) < 4.78 is 25.5. The first-order valence-corrected chi connectivity index (χ1v) is 8.89. The van der Waals surface area contributed by atoms with Crippen LogP contribution in [0.5, 0.6) is 5.75 Å². The number of methoxy groups -OCH3 is 1. The molecule has 0 aliphatic carbocycles. The Hall–Kier alpha value is -1.66. The lowest BCUT2D eigenvalue weighted by Gasteiger charge is -2.35. The molecular weight excluding hydrogens is 325 g/mol. The summed E-state index contributed by atoms with van der Waals surface area (Å²) in [5.41, 5.74) is 1.03. The van der Waals surface area contributed by atoms with E-state index in [0.717, 1.165) is 31.2 Å². The van der Waals surface area contributed by atoms with Crippen LogP contribution in [0.1, 0.15) is 49.8 Å². The molecule has 0 amide bonds. The number of carboxylic acid groups (broad SMARTS) is 1. The van der Waals surface area contributed by atoms with E-state index >= 15 is 0 Å². The van der Waals surface area contributed by atoms with Gasteiger partial charge in [-0.2, -0.15) is 0 Å². The molecule has 5 nitrogen and oxygen atoms in total. The number of rotatable bonds is 5. The zero-order valence-electron chi connectivity index (χ0n) is 14.9. The van der Waals surface area contributed by atoms with Gasteiger partial charge in [-0.3, -0.25) is 9.69 Å². The molecule has 1 unspecified atom stereocenters. The largest absolute Gasteiger partial charge is 0.493 e. The Bertz CT molecular complexity index is 637. The lowest BCUT2D eigenvalue weighted by molar-refractivity contribution is -0.143. The smallest absolute Gasteiger partial charge is 0.325 e. The Morgan fingerprint density at radius 1 is 1.32 bits per heavy atom. The standard InChI is InChI=1S/C19H26FNO4/c1-19(5-9-25-10-6-19)13-11-14(17(24-2)15(20)12-13)16(18(22)23)21-7-3-4-8-21/h11-12,16H,3-10H2,1-2H3,(H,22,23). The van der Waals surface area contributed by atoms with Gasteiger partial charge < -0.3 is 14.6 Å². The first kappa shape index (κ1) is 18.1. The zero-order valence-corrected chi connectivity index (χ0v) is 14.9. The number of halogens is 1. The van der Waals surface area contributed by atoms with Crippen molar-refractivity contribution in [3.05, 3.63) is 29.1 Å². The van der Waals surface area contributed by atoms with Crippen LogP contribution in [0.4, 0.5) is 4.39 Å². The highest BCUT2D eigenvalue weighted by Crippen LogP contribution is 2.41. The van der Waals surface area contributed by atoms with Gasteiger partial charge in [0.1, 0.15) is 6.04 Å². The van der Waals surface area contributed by atoms with E-state index in [0.29, 0.717) is 31.9 Å². The number of aliphatic carboxylic acids is 1. The predicted molar refractivity (Wildman–Crippen MR) is 91.5 cm³/mol. The van der Waals surface area contributed by atoms with Crippen LogP contribution < -0.4 is 4.74 Å². The Morgan fingerprint density at radius 3 is 2.52 bits per heavy atom. The second-order valence-corrected chi connectivity index (χ2v) is 7.24. The van der Waals surface area contributed by atoms with Crippen LogP contribution in [0.25, 0.3) is 0 Å². The number of benzene rings is 1. The monoisotopic (exact) mass is 351 g/mol. The van der Waals surface area contributed by atoms with Crippen LogP contribution in [0, 0.1) is 5.82 Å². The number of hydrogen-bond donors (Lipinski definition) is 1. The average molecular weight is 351 g/mol. The third-order valence-electron chi connectivity index (χ3n) is 5.60. The number of carbonyl (C=O) groups is 1. The molecule has 0 radical (unpaired) electrons. The normalized spacial score (nSPS) is 21.9. The van der Waals surface area contributed by atoms with Crippen molar-refractivity contribution in [2.45, 2.75) is 44.1 Å². The highest BCUT2D eigenvalue weighted by molar-refractivity contribution is 5.77. The molecule has 138 valence electrons. The number of ether oxygens (including phenoxy) is 2. The highest BCUT2D eigenvalue weighted by atomic mass is 19.1. The first-order valence-electron chi connectivity index (χ1n) is 8.89. The summed E-state index contributed by atoms with van der Waals surface area (Å²) in [6.45, 7) is 4.77. The molecule has 2 fully saturated rings. The molecule has 2 heterocycles. The van der Waals surface area contributed by atoms with E-state index in [1.54, 1.807) is 0 Å². The third kappa shape index (κ3) is 3.51. The van der Waals surface area contributed by atoms with E-state index in [2.05, 4.69) is 6.92 Å². The van der Waals surface area contributed by atoms with Gasteiger partial charge in [0.15, 0.2) is 11.6 Å². The summed E-state index contributed by atoms with van der Waals surface area (Å²) in [5.74, 6) is -1.42. The molecule has 2 aliphatic heterocycles. The summed E-state index contributed by atoms with van der Waals surface area (Å²) in [7, 11) is 1.39. The van der Waals surface area contributed by atoms with Crippen molar-refractivity contribution >= 4 is 5.97 Å². The number of nitrogens with zero attached hydrogens (tertiary/aromatic N) is 1. The van der Waals surface area contributed by atoms with E-state index in [1.807, 2.05) is 11.0 Å². The molecule has 1 aromatic carbocycles. The van der Waals surface area contributed by atoms with E-state index in [-0.39, 0.29) is 11.2 Å². The number of hydrogen-bond acceptors (Lipinski definition) is 4.